The molecule has 2 aromatic carbocycles. The molecule has 7 heteroatoms. The molecule has 0 atom stereocenters. The minimum atomic E-state index is -4.29. The predicted molar refractivity (Wildman–Crippen MR) is 74.7 cm³/mol. The van der Waals surface area contributed by atoms with E-state index in [9.17, 15) is 22.3 Å². The molecule has 2 aromatic rings. The van der Waals surface area contributed by atoms with E-state index in [0.29, 0.717) is 11.1 Å². The molecule has 0 saturated heterocycles. The highest BCUT2D eigenvalue weighted by Gasteiger charge is 2.22. The van der Waals surface area contributed by atoms with Crippen molar-refractivity contribution in [3.05, 3.63) is 53.1 Å². The van der Waals surface area contributed by atoms with Crippen molar-refractivity contribution in [3.8, 4) is 5.75 Å². The Morgan fingerprint density at radius 3 is 2.43 bits per heavy atom. The fraction of sp³-hybridized carbons (Fsp3) is 0.143. The highest BCUT2D eigenvalue weighted by atomic mass is 32.2. The van der Waals surface area contributed by atoms with Crippen molar-refractivity contribution < 1.29 is 22.3 Å². The molecule has 0 radical (unpaired) electrons. The number of benzene rings is 2. The molecular formula is C14H13F2NO3S. The Kier molecular flexibility index (Phi) is 3.87. The minimum absolute atomic E-state index is 0.0603. The third kappa shape index (κ3) is 2.82. The maximum Gasteiger partial charge on any atom is 0.264 e. The van der Waals surface area contributed by atoms with E-state index in [2.05, 4.69) is 4.72 Å². The van der Waals surface area contributed by atoms with Crippen LogP contribution in [0.1, 0.15) is 11.1 Å². The summed E-state index contributed by atoms with van der Waals surface area (Å²) in [6, 6.07) is 5.86. The van der Waals surface area contributed by atoms with Crippen LogP contribution >= 0.6 is 0 Å². The lowest BCUT2D eigenvalue weighted by atomic mass is 10.1. The van der Waals surface area contributed by atoms with Crippen LogP contribution in [-0.4, -0.2) is 13.5 Å². The summed E-state index contributed by atoms with van der Waals surface area (Å²) in [6.07, 6.45) is 0. The lowest BCUT2D eigenvalue weighted by Gasteiger charge is -2.13. The van der Waals surface area contributed by atoms with Gasteiger partial charge in [-0.25, -0.2) is 17.2 Å². The number of rotatable bonds is 3. The summed E-state index contributed by atoms with van der Waals surface area (Å²) >= 11 is 0. The Hall–Kier alpha value is -2.15. The van der Waals surface area contributed by atoms with Gasteiger partial charge in [0.25, 0.3) is 10.0 Å². The smallest absolute Gasteiger partial charge is 0.264 e. The van der Waals surface area contributed by atoms with Crippen molar-refractivity contribution in [1.82, 2.24) is 0 Å². The molecule has 0 fully saturated rings. The maximum absolute atomic E-state index is 13.6. The molecule has 0 aliphatic heterocycles. The summed E-state index contributed by atoms with van der Waals surface area (Å²) in [5, 5.41) is 9.78. The van der Waals surface area contributed by atoms with Crippen molar-refractivity contribution in [1.29, 1.82) is 0 Å². The van der Waals surface area contributed by atoms with Crippen LogP contribution in [0.25, 0.3) is 0 Å². The van der Waals surface area contributed by atoms with Gasteiger partial charge in [-0.1, -0.05) is 12.1 Å². The largest absolute Gasteiger partial charge is 0.507 e. The molecule has 0 spiro atoms. The predicted octanol–water partition coefficient (Wildman–Crippen LogP) is 3.09. The van der Waals surface area contributed by atoms with Gasteiger partial charge >= 0.3 is 0 Å². The van der Waals surface area contributed by atoms with Crippen LogP contribution in [0.15, 0.2) is 35.2 Å². The van der Waals surface area contributed by atoms with E-state index in [1.807, 2.05) is 0 Å². The Morgan fingerprint density at radius 1 is 1.10 bits per heavy atom. The first kappa shape index (κ1) is 15.2. The van der Waals surface area contributed by atoms with E-state index >= 15 is 0 Å². The fourth-order valence-electron chi connectivity index (χ4n) is 1.84. The van der Waals surface area contributed by atoms with Gasteiger partial charge in [0.05, 0.1) is 5.69 Å². The molecule has 0 saturated carbocycles. The molecule has 2 rings (SSSR count). The Labute approximate surface area is 121 Å². The van der Waals surface area contributed by atoms with E-state index in [-0.39, 0.29) is 11.4 Å². The molecule has 4 nitrogen and oxygen atoms in total. The minimum Gasteiger partial charge on any atom is -0.507 e. The fourth-order valence-corrected chi connectivity index (χ4v) is 3.05. The van der Waals surface area contributed by atoms with Gasteiger partial charge < -0.3 is 5.11 Å². The number of hydrogen-bond acceptors (Lipinski definition) is 3. The van der Waals surface area contributed by atoms with E-state index in [0.717, 1.165) is 18.2 Å². The van der Waals surface area contributed by atoms with Crippen molar-refractivity contribution in [3.63, 3.8) is 0 Å². The van der Waals surface area contributed by atoms with Gasteiger partial charge in [-0.15, -0.1) is 0 Å². The summed E-state index contributed by atoms with van der Waals surface area (Å²) in [5.74, 6) is -2.75. The molecular weight excluding hydrogens is 300 g/mol. The zero-order valence-corrected chi connectivity index (χ0v) is 12.1. The van der Waals surface area contributed by atoms with Crippen LogP contribution < -0.4 is 4.72 Å². The standard InChI is InChI=1S/C14H13F2NO3S/c1-8-6-7-11(9(2)14(8)18)17-21(19,20)12-5-3-4-10(15)13(12)16/h3-7,17-18H,1-2H3. The number of nitrogens with one attached hydrogen (secondary N) is 1. The van der Waals surface area contributed by atoms with E-state index in [4.69, 9.17) is 0 Å². The van der Waals surface area contributed by atoms with Gasteiger partial charge in [-0.05, 0) is 37.6 Å². The summed E-state index contributed by atoms with van der Waals surface area (Å²) < 4.78 is 53.1. The molecule has 21 heavy (non-hydrogen) atoms. The maximum atomic E-state index is 13.6. The van der Waals surface area contributed by atoms with Gasteiger partial charge in [0, 0.05) is 5.56 Å². The van der Waals surface area contributed by atoms with Crippen molar-refractivity contribution >= 4 is 15.7 Å². The molecule has 2 N–H and O–H groups in total. The van der Waals surface area contributed by atoms with Crippen LogP contribution in [0.4, 0.5) is 14.5 Å². The quantitative estimate of drug-likeness (QED) is 0.915. The number of aryl methyl sites for hydroxylation is 1. The number of halogens is 2. The average molecular weight is 313 g/mol. The van der Waals surface area contributed by atoms with Crippen LogP contribution in [-0.2, 0) is 10.0 Å². The van der Waals surface area contributed by atoms with E-state index < -0.39 is 26.6 Å². The molecule has 0 aliphatic carbocycles. The second kappa shape index (κ2) is 5.33. The van der Waals surface area contributed by atoms with Crippen molar-refractivity contribution in [2.24, 2.45) is 0 Å². The molecule has 0 unspecified atom stereocenters. The molecule has 0 bridgehead atoms. The number of sulfonamides is 1. The van der Waals surface area contributed by atoms with Crippen LogP contribution in [0.2, 0.25) is 0 Å². The van der Waals surface area contributed by atoms with Crippen molar-refractivity contribution in [2.75, 3.05) is 4.72 Å². The number of anilines is 1. The van der Waals surface area contributed by atoms with Gasteiger partial charge in [0.1, 0.15) is 10.6 Å². The summed E-state index contributed by atoms with van der Waals surface area (Å²) in [5.41, 5.74) is 0.976. The molecule has 0 amide bonds. The molecule has 0 aromatic heterocycles. The Balaban J connectivity index is 2.48. The lowest BCUT2D eigenvalue weighted by molar-refractivity contribution is 0.467. The first-order valence-corrected chi connectivity index (χ1v) is 7.48. The zero-order valence-electron chi connectivity index (χ0n) is 11.3. The van der Waals surface area contributed by atoms with Crippen LogP contribution in [0, 0.1) is 25.5 Å². The number of phenolic OH excluding ortho intramolecular Hbond substituents is 1. The first-order chi connectivity index (χ1) is 9.74. The average Bonchev–Trinajstić information content (AvgIpc) is 2.42. The molecule has 112 valence electrons. The first-order valence-electron chi connectivity index (χ1n) is 6.00. The van der Waals surface area contributed by atoms with Gasteiger partial charge in [0.15, 0.2) is 11.6 Å². The summed E-state index contributed by atoms with van der Waals surface area (Å²) in [7, 11) is -4.29. The summed E-state index contributed by atoms with van der Waals surface area (Å²) in [6.45, 7) is 3.18. The molecule has 0 heterocycles. The third-order valence-electron chi connectivity index (χ3n) is 3.08. The number of phenols is 1. The molecule has 0 aliphatic rings. The summed E-state index contributed by atoms with van der Waals surface area (Å²) in [4.78, 5) is -0.790. The van der Waals surface area contributed by atoms with Gasteiger partial charge in [-0.3, -0.25) is 4.72 Å². The second-order valence-corrected chi connectivity index (χ2v) is 6.21. The monoisotopic (exact) mass is 313 g/mol. The highest BCUT2D eigenvalue weighted by molar-refractivity contribution is 7.92. The van der Waals surface area contributed by atoms with Gasteiger partial charge in [0.2, 0.25) is 0 Å². The highest BCUT2D eigenvalue weighted by Crippen LogP contribution is 2.30. The topological polar surface area (TPSA) is 66.4 Å². The Bertz CT molecular complexity index is 804. The van der Waals surface area contributed by atoms with E-state index in [1.165, 1.54) is 19.1 Å². The zero-order chi connectivity index (χ0) is 15.8. The number of aromatic hydroxyl groups is 1. The Morgan fingerprint density at radius 2 is 1.76 bits per heavy atom. The van der Waals surface area contributed by atoms with Crippen LogP contribution in [0.5, 0.6) is 5.75 Å². The number of hydrogen-bond donors (Lipinski definition) is 2. The van der Waals surface area contributed by atoms with Crippen molar-refractivity contribution in [2.45, 2.75) is 18.7 Å². The second-order valence-electron chi connectivity index (χ2n) is 4.56. The normalized spacial score (nSPS) is 11.4. The van der Waals surface area contributed by atoms with Crippen LogP contribution in [0.3, 0.4) is 0 Å². The van der Waals surface area contributed by atoms with Gasteiger partial charge in [-0.2, -0.15) is 0 Å². The third-order valence-corrected chi connectivity index (χ3v) is 4.47. The lowest BCUT2D eigenvalue weighted by Crippen LogP contribution is -2.16. The van der Waals surface area contributed by atoms with E-state index in [1.54, 1.807) is 6.92 Å². The SMILES string of the molecule is Cc1ccc(NS(=O)(=O)c2cccc(F)c2F)c(C)c1O.